The molecule has 1 unspecified atom stereocenters. The molecule has 1 fully saturated rings. The third-order valence-corrected chi connectivity index (χ3v) is 5.33. The molecule has 0 bridgehead atoms. The highest BCUT2D eigenvalue weighted by Crippen LogP contribution is 2.28. The van der Waals surface area contributed by atoms with E-state index < -0.39 is 0 Å². The van der Waals surface area contributed by atoms with Crippen LogP contribution in [-0.2, 0) is 9.53 Å². The summed E-state index contributed by atoms with van der Waals surface area (Å²) >= 11 is 0. The first-order chi connectivity index (χ1) is 14.7. The fourth-order valence-electron chi connectivity index (χ4n) is 3.72. The largest absolute Gasteiger partial charge is 0.371 e. The topological polar surface area (TPSA) is 41.6 Å². The molecule has 5 heteroatoms. The minimum absolute atomic E-state index is 0.0109. The molecular weight excluding hydrogens is 379 g/mol. The van der Waals surface area contributed by atoms with Gasteiger partial charge in [0, 0.05) is 37.3 Å². The van der Waals surface area contributed by atoms with Gasteiger partial charge in [-0.3, -0.25) is 9.69 Å². The van der Waals surface area contributed by atoms with Crippen LogP contribution in [0.4, 0.5) is 10.1 Å². The maximum absolute atomic E-state index is 13.2. The molecule has 0 saturated carbocycles. The lowest BCUT2D eigenvalue weighted by atomic mass is 10.0. The maximum Gasteiger partial charge on any atom is 0.225 e. The molecule has 3 aromatic rings. The van der Waals surface area contributed by atoms with Gasteiger partial charge >= 0.3 is 0 Å². The van der Waals surface area contributed by atoms with E-state index in [2.05, 4.69) is 10.2 Å². The monoisotopic (exact) mass is 404 g/mol. The average Bonchev–Trinajstić information content (AvgIpc) is 2.79. The van der Waals surface area contributed by atoms with Crippen LogP contribution in [0.2, 0.25) is 0 Å². The van der Waals surface area contributed by atoms with Crippen molar-refractivity contribution in [3.8, 4) is 11.1 Å². The molecule has 3 aromatic carbocycles. The van der Waals surface area contributed by atoms with E-state index in [4.69, 9.17) is 4.74 Å². The van der Waals surface area contributed by atoms with Crippen molar-refractivity contribution in [2.75, 3.05) is 31.6 Å². The Hall–Kier alpha value is -3.02. The van der Waals surface area contributed by atoms with E-state index in [9.17, 15) is 9.18 Å². The second kappa shape index (κ2) is 9.65. The van der Waals surface area contributed by atoms with E-state index in [1.807, 2.05) is 54.6 Å². The molecule has 30 heavy (non-hydrogen) atoms. The van der Waals surface area contributed by atoms with Gasteiger partial charge in [0.1, 0.15) is 5.82 Å². The highest BCUT2D eigenvalue weighted by Gasteiger charge is 2.22. The molecule has 1 saturated heterocycles. The summed E-state index contributed by atoms with van der Waals surface area (Å²) in [5, 5.41) is 3.06. The standard InChI is InChI=1S/C25H25FN2O2/c26-21-12-10-20(11-13-21)24-18-28(16-17-30-24)15-14-25(29)27-23-9-5-4-8-22(23)19-6-2-1-3-7-19/h1-13,24H,14-18H2,(H,27,29). The predicted molar refractivity (Wildman–Crippen MR) is 117 cm³/mol. The number of amides is 1. The van der Waals surface area contributed by atoms with Gasteiger partial charge in [0.15, 0.2) is 0 Å². The van der Waals surface area contributed by atoms with Gasteiger partial charge in [-0.1, -0.05) is 60.7 Å². The number of ether oxygens (including phenoxy) is 1. The summed E-state index contributed by atoms with van der Waals surface area (Å²) in [5.74, 6) is -0.262. The SMILES string of the molecule is O=C(CCN1CCOC(c2ccc(F)cc2)C1)Nc1ccccc1-c1ccccc1. The number of rotatable bonds is 6. The molecule has 1 aliphatic heterocycles. The van der Waals surface area contributed by atoms with E-state index in [1.54, 1.807) is 12.1 Å². The summed E-state index contributed by atoms with van der Waals surface area (Å²) in [6.07, 6.45) is 0.306. The second-order valence-electron chi connectivity index (χ2n) is 7.42. The van der Waals surface area contributed by atoms with Crippen LogP contribution < -0.4 is 5.32 Å². The number of para-hydroxylation sites is 1. The third-order valence-electron chi connectivity index (χ3n) is 5.33. The number of hydrogen-bond acceptors (Lipinski definition) is 3. The fourth-order valence-corrected chi connectivity index (χ4v) is 3.72. The van der Waals surface area contributed by atoms with Crippen LogP contribution in [0.1, 0.15) is 18.1 Å². The lowest BCUT2D eigenvalue weighted by Crippen LogP contribution is -2.39. The van der Waals surface area contributed by atoms with Gasteiger partial charge in [-0.25, -0.2) is 4.39 Å². The molecule has 1 amide bonds. The molecule has 1 atom stereocenters. The third kappa shape index (κ3) is 5.12. The normalized spacial score (nSPS) is 16.9. The molecule has 1 aliphatic rings. The maximum atomic E-state index is 13.2. The summed E-state index contributed by atoms with van der Waals surface area (Å²) in [5.41, 5.74) is 3.86. The molecule has 0 aliphatic carbocycles. The Morgan fingerprint density at radius 1 is 1.00 bits per heavy atom. The smallest absolute Gasteiger partial charge is 0.225 e. The number of anilines is 1. The van der Waals surface area contributed by atoms with Crippen molar-refractivity contribution < 1.29 is 13.9 Å². The van der Waals surface area contributed by atoms with Gasteiger partial charge in [-0.2, -0.15) is 0 Å². The van der Waals surface area contributed by atoms with Gasteiger partial charge in [-0.15, -0.1) is 0 Å². The molecule has 0 spiro atoms. The Balaban J connectivity index is 1.34. The zero-order valence-electron chi connectivity index (χ0n) is 16.8. The average molecular weight is 404 g/mol. The molecule has 4 nitrogen and oxygen atoms in total. The number of halogens is 1. The Bertz CT molecular complexity index is 976. The number of benzene rings is 3. The van der Waals surface area contributed by atoms with Crippen molar-refractivity contribution in [1.29, 1.82) is 0 Å². The first-order valence-electron chi connectivity index (χ1n) is 10.2. The summed E-state index contributed by atoms with van der Waals surface area (Å²) in [4.78, 5) is 14.8. The Kier molecular flexibility index (Phi) is 6.52. The van der Waals surface area contributed by atoms with Crippen molar-refractivity contribution in [2.24, 2.45) is 0 Å². The van der Waals surface area contributed by atoms with E-state index in [0.717, 1.165) is 28.9 Å². The van der Waals surface area contributed by atoms with Crippen LogP contribution in [0.25, 0.3) is 11.1 Å². The quantitative estimate of drug-likeness (QED) is 0.636. The second-order valence-corrected chi connectivity index (χ2v) is 7.42. The molecule has 154 valence electrons. The van der Waals surface area contributed by atoms with Crippen LogP contribution in [0.5, 0.6) is 0 Å². The summed E-state index contributed by atoms with van der Waals surface area (Å²) in [6.45, 7) is 2.73. The van der Waals surface area contributed by atoms with Gasteiger partial charge < -0.3 is 10.1 Å². The van der Waals surface area contributed by atoms with Crippen LogP contribution >= 0.6 is 0 Å². The van der Waals surface area contributed by atoms with Crippen LogP contribution in [0.3, 0.4) is 0 Å². The fraction of sp³-hybridized carbons (Fsp3) is 0.240. The number of hydrogen-bond donors (Lipinski definition) is 1. The number of nitrogens with one attached hydrogen (secondary N) is 1. The highest BCUT2D eigenvalue weighted by molar-refractivity contribution is 5.95. The number of nitrogens with zero attached hydrogens (tertiary/aromatic N) is 1. The lowest BCUT2D eigenvalue weighted by Gasteiger charge is -2.33. The Labute approximate surface area is 176 Å². The minimum Gasteiger partial charge on any atom is -0.371 e. The van der Waals surface area contributed by atoms with Crippen molar-refractivity contribution in [2.45, 2.75) is 12.5 Å². The van der Waals surface area contributed by atoms with Gasteiger partial charge in [0.2, 0.25) is 5.91 Å². The van der Waals surface area contributed by atoms with Gasteiger partial charge in [0.05, 0.1) is 12.7 Å². The lowest BCUT2D eigenvalue weighted by molar-refractivity contribution is -0.117. The van der Waals surface area contributed by atoms with Crippen molar-refractivity contribution in [3.05, 3.63) is 90.2 Å². The van der Waals surface area contributed by atoms with Crippen LogP contribution in [0, 0.1) is 5.82 Å². The number of carbonyl (C=O) groups excluding carboxylic acids is 1. The minimum atomic E-state index is -0.251. The van der Waals surface area contributed by atoms with Crippen LogP contribution in [0.15, 0.2) is 78.9 Å². The molecular formula is C25H25FN2O2. The molecule has 1 heterocycles. The van der Waals surface area contributed by atoms with E-state index in [1.165, 1.54) is 12.1 Å². The molecule has 1 N–H and O–H groups in total. The van der Waals surface area contributed by atoms with Crippen molar-refractivity contribution in [3.63, 3.8) is 0 Å². The van der Waals surface area contributed by atoms with Gasteiger partial charge in [-0.05, 0) is 29.3 Å². The zero-order chi connectivity index (χ0) is 20.8. The van der Waals surface area contributed by atoms with Crippen molar-refractivity contribution >= 4 is 11.6 Å². The van der Waals surface area contributed by atoms with E-state index in [0.29, 0.717) is 26.1 Å². The Morgan fingerprint density at radius 2 is 1.73 bits per heavy atom. The molecule has 0 aromatic heterocycles. The highest BCUT2D eigenvalue weighted by atomic mass is 19.1. The summed E-state index contributed by atoms with van der Waals surface area (Å²) in [7, 11) is 0. The van der Waals surface area contributed by atoms with E-state index in [-0.39, 0.29) is 17.8 Å². The predicted octanol–water partition coefficient (Wildman–Crippen LogP) is 4.89. The Morgan fingerprint density at radius 3 is 2.53 bits per heavy atom. The van der Waals surface area contributed by atoms with Gasteiger partial charge in [0.25, 0.3) is 0 Å². The van der Waals surface area contributed by atoms with Crippen molar-refractivity contribution in [1.82, 2.24) is 4.90 Å². The summed E-state index contributed by atoms with van der Waals surface area (Å²) in [6, 6.07) is 24.3. The van der Waals surface area contributed by atoms with E-state index >= 15 is 0 Å². The first kappa shape index (κ1) is 20.3. The molecule has 0 radical (unpaired) electrons. The zero-order valence-corrected chi connectivity index (χ0v) is 16.8. The molecule has 4 rings (SSSR count). The first-order valence-corrected chi connectivity index (χ1v) is 10.2. The van der Waals surface area contributed by atoms with Crippen LogP contribution in [-0.4, -0.2) is 37.0 Å². The number of carbonyl (C=O) groups is 1. The number of morpholine rings is 1. The summed E-state index contributed by atoms with van der Waals surface area (Å²) < 4.78 is 19.0.